The number of hydrogen-bond donors (Lipinski definition) is 0. The molecule has 22 heavy (non-hydrogen) atoms. The Kier molecular flexibility index (Phi) is 4.59. The van der Waals surface area contributed by atoms with Crippen LogP contribution < -0.4 is 0 Å². The van der Waals surface area contributed by atoms with E-state index >= 15 is 0 Å². The molecule has 4 heteroatoms. The Labute approximate surface area is 130 Å². The van der Waals surface area contributed by atoms with E-state index in [-0.39, 0.29) is 0 Å². The molecule has 0 amide bonds. The Hall–Kier alpha value is -2.49. The van der Waals surface area contributed by atoms with E-state index in [2.05, 4.69) is 46.5 Å². The SMILES string of the molecule is CCCCCc1ccc(-n2cc(-c3ccccn3)nn2)cc1. The van der Waals surface area contributed by atoms with Gasteiger partial charge in [-0.3, -0.25) is 4.98 Å². The van der Waals surface area contributed by atoms with Crippen molar-refractivity contribution in [2.24, 2.45) is 0 Å². The molecule has 0 radical (unpaired) electrons. The van der Waals surface area contributed by atoms with Crippen LogP contribution in [0.3, 0.4) is 0 Å². The van der Waals surface area contributed by atoms with Crippen LogP contribution in [0.5, 0.6) is 0 Å². The topological polar surface area (TPSA) is 43.6 Å². The summed E-state index contributed by atoms with van der Waals surface area (Å²) in [6.45, 7) is 2.23. The van der Waals surface area contributed by atoms with Gasteiger partial charge in [-0.05, 0) is 42.7 Å². The summed E-state index contributed by atoms with van der Waals surface area (Å²) in [4.78, 5) is 4.30. The lowest BCUT2D eigenvalue weighted by molar-refractivity contribution is 0.717. The summed E-state index contributed by atoms with van der Waals surface area (Å²) in [5, 5.41) is 8.39. The second-order valence-electron chi connectivity index (χ2n) is 5.39. The van der Waals surface area contributed by atoms with Crippen molar-refractivity contribution < 1.29 is 0 Å². The van der Waals surface area contributed by atoms with Crippen molar-refractivity contribution in [1.29, 1.82) is 0 Å². The Morgan fingerprint density at radius 2 is 1.82 bits per heavy atom. The minimum absolute atomic E-state index is 0.785. The quantitative estimate of drug-likeness (QED) is 0.643. The van der Waals surface area contributed by atoms with E-state index in [0.29, 0.717) is 0 Å². The molecule has 3 aromatic rings. The zero-order valence-electron chi connectivity index (χ0n) is 12.8. The highest BCUT2D eigenvalue weighted by atomic mass is 15.4. The molecule has 0 fully saturated rings. The maximum absolute atomic E-state index is 4.30. The van der Waals surface area contributed by atoms with Crippen LogP contribution in [-0.2, 0) is 6.42 Å². The van der Waals surface area contributed by atoms with Crippen LogP contribution in [-0.4, -0.2) is 20.0 Å². The maximum Gasteiger partial charge on any atom is 0.131 e. The minimum atomic E-state index is 0.785. The fourth-order valence-corrected chi connectivity index (χ4v) is 2.42. The van der Waals surface area contributed by atoms with E-state index in [1.807, 2.05) is 24.4 Å². The Morgan fingerprint density at radius 1 is 0.955 bits per heavy atom. The summed E-state index contributed by atoms with van der Waals surface area (Å²) < 4.78 is 1.79. The lowest BCUT2D eigenvalue weighted by atomic mass is 10.1. The molecule has 4 nitrogen and oxygen atoms in total. The summed E-state index contributed by atoms with van der Waals surface area (Å²) in [5.74, 6) is 0. The van der Waals surface area contributed by atoms with Crippen LogP contribution in [0.25, 0.3) is 17.1 Å². The molecule has 0 aliphatic rings. The molecule has 0 spiro atoms. The molecule has 0 bridgehead atoms. The summed E-state index contributed by atoms with van der Waals surface area (Å²) in [6, 6.07) is 14.3. The largest absolute Gasteiger partial charge is 0.254 e. The van der Waals surface area contributed by atoms with E-state index in [4.69, 9.17) is 0 Å². The molecule has 0 atom stereocenters. The normalized spacial score (nSPS) is 10.8. The van der Waals surface area contributed by atoms with Gasteiger partial charge in [-0.1, -0.05) is 43.2 Å². The summed E-state index contributed by atoms with van der Waals surface area (Å²) in [6.07, 6.45) is 8.62. The molecule has 2 heterocycles. The van der Waals surface area contributed by atoms with E-state index in [1.165, 1.54) is 24.8 Å². The van der Waals surface area contributed by atoms with Gasteiger partial charge < -0.3 is 0 Å². The monoisotopic (exact) mass is 292 g/mol. The number of hydrogen-bond acceptors (Lipinski definition) is 3. The molecular weight excluding hydrogens is 272 g/mol. The van der Waals surface area contributed by atoms with Crippen molar-refractivity contribution in [3.63, 3.8) is 0 Å². The van der Waals surface area contributed by atoms with Crippen LogP contribution in [0.15, 0.2) is 54.9 Å². The molecule has 112 valence electrons. The van der Waals surface area contributed by atoms with Crippen molar-refractivity contribution >= 4 is 0 Å². The van der Waals surface area contributed by atoms with E-state index in [9.17, 15) is 0 Å². The second kappa shape index (κ2) is 6.98. The highest BCUT2D eigenvalue weighted by Crippen LogP contribution is 2.16. The first-order chi connectivity index (χ1) is 10.9. The van der Waals surface area contributed by atoms with E-state index < -0.39 is 0 Å². The predicted octanol–water partition coefficient (Wildman–Crippen LogP) is 4.06. The average molecular weight is 292 g/mol. The number of rotatable bonds is 6. The fraction of sp³-hybridized carbons (Fsp3) is 0.278. The molecular formula is C18H20N4. The van der Waals surface area contributed by atoms with E-state index in [1.54, 1.807) is 10.9 Å². The smallest absolute Gasteiger partial charge is 0.131 e. The standard InChI is InChI=1S/C18H20N4/c1-2-3-4-7-15-9-11-16(12-10-15)22-14-18(20-21-22)17-8-5-6-13-19-17/h5-6,8-14H,2-4,7H2,1H3. The van der Waals surface area contributed by atoms with Crippen molar-refractivity contribution in [2.75, 3.05) is 0 Å². The van der Waals surface area contributed by atoms with Crippen molar-refractivity contribution in [3.8, 4) is 17.1 Å². The van der Waals surface area contributed by atoms with Gasteiger partial charge in [0.05, 0.1) is 17.6 Å². The lowest BCUT2D eigenvalue weighted by Crippen LogP contribution is -1.95. The van der Waals surface area contributed by atoms with Crippen molar-refractivity contribution in [2.45, 2.75) is 32.6 Å². The minimum Gasteiger partial charge on any atom is -0.254 e. The Balaban J connectivity index is 1.73. The first kappa shape index (κ1) is 14.4. The van der Waals surface area contributed by atoms with Gasteiger partial charge in [0, 0.05) is 6.20 Å². The predicted molar refractivity (Wildman–Crippen MR) is 87.8 cm³/mol. The molecule has 0 saturated carbocycles. The van der Waals surface area contributed by atoms with Gasteiger partial charge in [0.25, 0.3) is 0 Å². The number of unbranched alkanes of at least 4 members (excludes halogenated alkanes) is 2. The van der Waals surface area contributed by atoms with Crippen molar-refractivity contribution in [1.82, 2.24) is 20.0 Å². The van der Waals surface area contributed by atoms with Crippen LogP contribution >= 0.6 is 0 Å². The number of benzene rings is 1. The van der Waals surface area contributed by atoms with E-state index in [0.717, 1.165) is 23.5 Å². The van der Waals surface area contributed by atoms with Gasteiger partial charge in [0.15, 0.2) is 0 Å². The van der Waals surface area contributed by atoms with Crippen LogP contribution in [0, 0.1) is 0 Å². The van der Waals surface area contributed by atoms with Gasteiger partial charge in [0.2, 0.25) is 0 Å². The van der Waals surface area contributed by atoms with Gasteiger partial charge in [0.1, 0.15) is 5.69 Å². The second-order valence-corrected chi connectivity index (χ2v) is 5.39. The molecule has 0 N–H and O–H groups in total. The number of aromatic nitrogens is 4. The highest BCUT2D eigenvalue weighted by molar-refractivity contribution is 5.52. The number of aryl methyl sites for hydroxylation is 1. The molecule has 0 unspecified atom stereocenters. The van der Waals surface area contributed by atoms with Gasteiger partial charge in [-0.2, -0.15) is 0 Å². The third kappa shape index (κ3) is 3.39. The number of pyridine rings is 1. The summed E-state index contributed by atoms with van der Waals surface area (Å²) in [5.41, 5.74) is 4.02. The summed E-state index contributed by atoms with van der Waals surface area (Å²) >= 11 is 0. The van der Waals surface area contributed by atoms with Crippen LogP contribution in [0.4, 0.5) is 0 Å². The maximum atomic E-state index is 4.30. The molecule has 3 rings (SSSR count). The molecule has 0 aliphatic heterocycles. The average Bonchev–Trinajstić information content (AvgIpc) is 3.07. The first-order valence-corrected chi connectivity index (χ1v) is 7.80. The zero-order chi connectivity index (χ0) is 15.2. The molecule has 0 saturated heterocycles. The third-order valence-corrected chi connectivity index (χ3v) is 3.69. The van der Waals surface area contributed by atoms with Gasteiger partial charge >= 0.3 is 0 Å². The summed E-state index contributed by atoms with van der Waals surface area (Å²) in [7, 11) is 0. The van der Waals surface area contributed by atoms with Crippen LogP contribution in [0.2, 0.25) is 0 Å². The zero-order valence-corrected chi connectivity index (χ0v) is 12.8. The van der Waals surface area contributed by atoms with Gasteiger partial charge in [-0.15, -0.1) is 5.10 Å². The fourth-order valence-electron chi connectivity index (χ4n) is 2.42. The Bertz CT molecular complexity index is 701. The highest BCUT2D eigenvalue weighted by Gasteiger charge is 2.06. The van der Waals surface area contributed by atoms with Gasteiger partial charge in [-0.25, -0.2) is 4.68 Å². The lowest BCUT2D eigenvalue weighted by Gasteiger charge is -2.03. The molecule has 0 aliphatic carbocycles. The molecule has 1 aromatic carbocycles. The molecule has 2 aromatic heterocycles. The number of nitrogens with zero attached hydrogens (tertiary/aromatic N) is 4. The van der Waals surface area contributed by atoms with Crippen molar-refractivity contribution in [3.05, 3.63) is 60.4 Å². The first-order valence-electron chi connectivity index (χ1n) is 7.80. The van der Waals surface area contributed by atoms with Crippen LogP contribution in [0.1, 0.15) is 31.7 Å². The third-order valence-electron chi connectivity index (χ3n) is 3.69. The Morgan fingerprint density at radius 3 is 2.55 bits per heavy atom.